The smallest absolute Gasteiger partial charge is 0.317 e. The van der Waals surface area contributed by atoms with Gasteiger partial charge in [-0.05, 0) is 18.6 Å². The van der Waals surface area contributed by atoms with Crippen LogP contribution in [0.15, 0.2) is 59.8 Å². The first-order valence-corrected chi connectivity index (χ1v) is 8.71. The van der Waals surface area contributed by atoms with Gasteiger partial charge in [0.05, 0.1) is 12.3 Å². The number of hydrogen-bond acceptors (Lipinski definition) is 3. The Hall–Kier alpha value is -2.89. The highest BCUT2D eigenvalue weighted by Gasteiger charge is 2.27. The molecule has 2 aromatic rings. The largest absolute Gasteiger partial charge is 0.390 e. The lowest BCUT2D eigenvalue weighted by molar-refractivity contribution is 0.0590. The normalized spacial score (nSPS) is 15.9. The molecule has 1 aliphatic rings. The van der Waals surface area contributed by atoms with E-state index in [1.165, 1.54) is 6.07 Å². The third kappa shape index (κ3) is 4.39. The first-order chi connectivity index (χ1) is 12.7. The predicted molar refractivity (Wildman–Crippen MR) is 98.4 cm³/mol. The molecule has 1 atom stereocenters. The van der Waals surface area contributed by atoms with Crippen molar-refractivity contribution in [2.24, 2.45) is 5.16 Å². The van der Waals surface area contributed by atoms with Crippen molar-refractivity contribution in [3.8, 4) is 0 Å². The molecule has 0 bridgehead atoms. The first kappa shape index (κ1) is 17.9. The Morgan fingerprint density at radius 2 is 1.96 bits per heavy atom. The summed E-state index contributed by atoms with van der Waals surface area (Å²) in [7, 11) is 0. The van der Waals surface area contributed by atoms with Crippen molar-refractivity contribution < 1.29 is 14.0 Å². The van der Waals surface area contributed by atoms with E-state index < -0.39 is 0 Å². The minimum absolute atomic E-state index is 0.153. The fourth-order valence-corrected chi connectivity index (χ4v) is 2.91. The van der Waals surface area contributed by atoms with Gasteiger partial charge in [-0.2, -0.15) is 0 Å². The van der Waals surface area contributed by atoms with E-state index >= 15 is 0 Å². The Balaban J connectivity index is 1.66. The minimum atomic E-state index is -0.319. The summed E-state index contributed by atoms with van der Waals surface area (Å²) in [6, 6.07) is 16.1. The molecule has 1 N–H and O–H groups in total. The molecule has 2 aromatic carbocycles. The highest BCUT2D eigenvalue weighted by Crippen LogP contribution is 2.20. The van der Waals surface area contributed by atoms with Gasteiger partial charge in [0.15, 0.2) is 6.10 Å². The van der Waals surface area contributed by atoms with E-state index in [-0.39, 0.29) is 18.0 Å². The molecule has 6 heteroatoms. The number of benzene rings is 2. The fourth-order valence-electron chi connectivity index (χ4n) is 2.91. The molecular formula is C20H22FN3O2. The fraction of sp³-hybridized carbons (Fsp3) is 0.300. The van der Waals surface area contributed by atoms with Crippen molar-refractivity contribution in [1.29, 1.82) is 0 Å². The lowest BCUT2D eigenvalue weighted by Gasteiger charge is -2.25. The second-order valence-corrected chi connectivity index (χ2v) is 6.15. The van der Waals surface area contributed by atoms with Gasteiger partial charge in [0, 0.05) is 25.1 Å². The Kier molecular flexibility index (Phi) is 5.84. The van der Waals surface area contributed by atoms with E-state index in [2.05, 4.69) is 10.5 Å². The van der Waals surface area contributed by atoms with Crippen LogP contribution in [0.25, 0.3) is 0 Å². The molecule has 1 aliphatic heterocycles. The summed E-state index contributed by atoms with van der Waals surface area (Å²) < 4.78 is 13.9. The van der Waals surface area contributed by atoms with Crippen molar-refractivity contribution in [3.63, 3.8) is 0 Å². The maximum atomic E-state index is 13.9. The van der Waals surface area contributed by atoms with Gasteiger partial charge in [0.25, 0.3) is 0 Å². The SMILES string of the molecule is CCNC(=O)N(Cc1ccccc1)C[C@@H]1CC(c2ccccc2F)=NO1. The summed E-state index contributed by atoms with van der Waals surface area (Å²) in [5.74, 6) is -0.319. The third-order valence-electron chi connectivity index (χ3n) is 4.17. The summed E-state index contributed by atoms with van der Waals surface area (Å²) in [4.78, 5) is 19.6. The van der Waals surface area contributed by atoms with E-state index in [1.54, 1.807) is 23.1 Å². The summed E-state index contributed by atoms with van der Waals surface area (Å²) in [5.41, 5.74) is 2.05. The maximum Gasteiger partial charge on any atom is 0.317 e. The second kappa shape index (κ2) is 8.47. The molecule has 0 saturated heterocycles. The molecule has 136 valence electrons. The van der Waals surface area contributed by atoms with E-state index in [0.29, 0.717) is 37.3 Å². The molecule has 1 heterocycles. The average Bonchev–Trinajstić information content (AvgIpc) is 3.11. The summed E-state index contributed by atoms with van der Waals surface area (Å²) >= 11 is 0. The van der Waals surface area contributed by atoms with Crippen LogP contribution in [0.5, 0.6) is 0 Å². The van der Waals surface area contributed by atoms with Crippen molar-refractivity contribution in [2.75, 3.05) is 13.1 Å². The Bertz CT molecular complexity index is 780. The van der Waals surface area contributed by atoms with Crippen LogP contribution in [0.2, 0.25) is 0 Å². The molecule has 0 aromatic heterocycles. The molecule has 5 nitrogen and oxygen atoms in total. The van der Waals surface area contributed by atoms with Crippen LogP contribution < -0.4 is 5.32 Å². The molecular weight excluding hydrogens is 333 g/mol. The molecule has 0 saturated carbocycles. The average molecular weight is 355 g/mol. The number of hydrogen-bond donors (Lipinski definition) is 1. The third-order valence-corrected chi connectivity index (χ3v) is 4.17. The molecule has 0 fully saturated rings. The number of carbonyl (C=O) groups is 1. The van der Waals surface area contributed by atoms with Gasteiger partial charge >= 0.3 is 6.03 Å². The van der Waals surface area contributed by atoms with E-state index in [1.807, 2.05) is 37.3 Å². The summed E-state index contributed by atoms with van der Waals surface area (Å²) in [6.45, 7) is 3.28. The van der Waals surface area contributed by atoms with Crippen LogP contribution in [0, 0.1) is 5.82 Å². The van der Waals surface area contributed by atoms with Crippen LogP contribution >= 0.6 is 0 Å². The van der Waals surface area contributed by atoms with Gasteiger partial charge in [-0.15, -0.1) is 0 Å². The maximum absolute atomic E-state index is 13.9. The standard InChI is InChI=1S/C20H22FN3O2/c1-2-22-20(25)24(13-15-8-4-3-5-9-15)14-16-12-19(23-26-16)17-10-6-7-11-18(17)21/h3-11,16H,2,12-14H2,1H3,(H,22,25)/t16-/m0/s1. The number of nitrogens with one attached hydrogen (secondary N) is 1. The summed E-state index contributed by atoms with van der Waals surface area (Å²) in [6.07, 6.45) is 0.168. The molecule has 0 spiro atoms. The second-order valence-electron chi connectivity index (χ2n) is 6.15. The van der Waals surface area contributed by atoms with Crippen molar-refractivity contribution >= 4 is 11.7 Å². The van der Waals surface area contributed by atoms with E-state index in [0.717, 1.165) is 5.56 Å². The van der Waals surface area contributed by atoms with Gasteiger partial charge in [0.2, 0.25) is 0 Å². The van der Waals surface area contributed by atoms with Crippen molar-refractivity contribution in [2.45, 2.75) is 26.0 Å². The van der Waals surface area contributed by atoms with Gasteiger partial charge < -0.3 is 15.1 Å². The molecule has 2 amide bonds. The van der Waals surface area contributed by atoms with Gasteiger partial charge in [-0.1, -0.05) is 53.7 Å². The van der Waals surface area contributed by atoms with Crippen LogP contribution in [0.1, 0.15) is 24.5 Å². The Morgan fingerprint density at radius 1 is 1.23 bits per heavy atom. The first-order valence-electron chi connectivity index (χ1n) is 8.71. The molecule has 26 heavy (non-hydrogen) atoms. The van der Waals surface area contributed by atoms with Crippen LogP contribution in [0.3, 0.4) is 0 Å². The molecule has 3 rings (SSSR count). The zero-order chi connectivity index (χ0) is 18.4. The minimum Gasteiger partial charge on any atom is -0.390 e. The highest BCUT2D eigenvalue weighted by molar-refractivity contribution is 6.01. The summed E-state index contributed by atoms with van der Waals surface area (Å²) in [5, 5.41) is 6.86. The Labute approximate surface area is 152 Å². The lowest BCUT2D eigenvalue weighted by Crippen LogP contribution is -2.43. The number of nitrogens with zero attached hydrogens (tertiary/aromatic N) is 2. The number of rotatable bonds is 6. The predicted octanol–water partition coefficient (Wildman–Crippen LogP) is 3.55. The van der Waals surface area contributed by atoms with E-state index in [9.17, 15) is 9.18 Å². The molecule has 0 aliphatic carbocycles. The van der Waals surface area contributed by atoms with Crippen LogP contribution in [-0.2, 0) is 11.4 Å². The molecule has 0 radical (unpaired) electrons. The van der Waals surface area contributed by atoms with E-state index in [4.69, 9.17) is 4.84 Å². The quantitative estimate of drug-likeness (QED) is 0.861. The number of carbonyl (C=O) groups excluding carboxylic acids is 1. The monoisotopic (exact) mass is 355 g/mol. The van der Waals surface area contributed by atoms with Crippen LogP contribution in [0.4, 0.5) is 9.18 Å². The zero-order valence-corrected chi connectivity index (χ0v) is 14.7. The van der Waals surface area contributed by atoms with Crippen molar-refractivity contribution in [3.05, 3.63) is 71.5 Å². The number of oxime groups is 1. The number of urea groups is 1. The number of amides is 2. The zero-order valence-electron chi connectivity index (χ0n) is 14.7. The lowest BCUT2D eigenvalue weighted by atomic mass is 10.0. The number of halogens is 1. The van der Waals surface area contributed by atoms with Gasteiger partial charge in [-0.25, -0.2) is 9.18 Å². The van der Waals surface area contributed by atoms with Crippen molar-refractivity contribution in [1.82, 2.24) is 10.2 Å². The van der Waals surface area contributed by atoms with Gasteiger partial charge in [-0.3, -0.25) is 0 Å². The van der Waals surface area contributed by atoms with Crippen LogP contribution in [-0.4, -0.2) is 35.8 Å². The topological polar surface area (TPSA) is 53.9 Å². The van der Waals surface area contributed by atoms with Gasteiger partial charge in [0.1, 0.15) is 5.82 Å². The molecule has 0 unspecified atom stereocenters. The Morgan fingerprint density at radius 3 is 2.69 bits per heavy atom. The highest BCUT2D eigenvalue weighted by atomic mass is 19.1.